The highest BCUT2D eigenvalue weighted by atomic mass is 16.5. The molecule has 0 amide bonds. The van der Waals surface area contributed by atoms with E-state index in [1.807, 2.05) is 24.7 Å². The molecule has 0 unspecified atom stereocenters. The standard InChI is InChI=1S/C21H19N3O.C6H13NO3/c1-24-19-9-10-22-13-18(19)17-7-5-14(11-20(17)24)15-6-8-21(23-12-15)25-16-3-2-4-16;8-4-2-6-10-5-1-3-7-9/h5-13,16H,2-4H2,1H3;8H,1-6H2. The molecular formula is C27H32N4O4. The van der Waals surface area contributed by atoms with Gasteiger partial charge in [0.15, 0.2) is 0 Å². The second kappa shape index (κ2) is 12.4. The van der Waals surface area contributed by atoms with Gasteiger partial charge in [0, 0.05) is 73.4 Å². The summed E-state index contributed by atoms with van der Waals surface area (Å²) in [6.07, 6.45) is 10.9. The van der Waals surface area contributed by atoms with Crippen LogP contribution in [0.2, 0.25) is 0 Å². The van der Waals surface area contributed by atoms with E-state index in [2.05, 4.69) is 57.1 Å². The third-order valence-corrected chi connectivity index (χ3v) is 6.20. The average Bonchev–Trinajstić information content (AvgIpc) is 3.16. The van der Waals surface area contributed by atoms with Crippen LogP contribution in [0, 0.1) is 4.91 Å². The summed E-state index contributed by atoms with van der Waals surface area (Å²) in [5.74, 6) is 0.727. The molecular weight excluding hydrogens is 444 g/mol. The fourth-order valence-electron chi connectivity index (χ4n) is 4.01. The molecule has 1 saturated carbocycles. The van der Waals surface area contributed by atoms with Crippen molar-refractivity contribution in [3.8, 4) is 17.0 Å². The fourth-order valence-corrected chi connectivity index (χ4v) is 4.01. The summed E-state index contributed by atoms with van der Waals surface area (Å²) in [5, 5.41) is 13.4. The van der Waals surface area contributed by atoms with Crippen LogP contribution in [0.25, 0.3) is 32.9 Å². The molecule has 184 valence electrons. The number of aliphatic hydroxyl groups excluding tert-OH is 1. The number of nitrogens with zero attached hydrogens (tertiary/aromatic N) is 4. The zero-order valence-electron chi connectivity index (χ0n) is 20.1. The molecule has 1 fully saturated rings. The Morgan fingerprint density at radius 3 is 2.57 bits per heavy atom. The van der Waals surface area contributed by atoms with E-state index in [9.17, 15) is 4.91 Å². The van der Waals surface area contributed by atoms with Crippen molar-refractivity contribution in [1.29, 1.82) is 0 Å². The predicted molar refractivity (Wildman–Crippen MR) is 138 cm³/mol. The first-order valence-corrected chi connectivity index (χ1v) is 12.1. The van der Waals surface area contributed by atoms with Gasteiger partial charge in [-0.1, -0.05) is 17.3 Å². The Morgan fingerprint density at radius 1 is 1.03 bits per heavy atom. The van der Waals surface area contributed by atoms with Gasteiger partial charge in [-0.05, 0) is 55.9 Å². The van der Waals surface area contributed by atoms with E-state index in [0.29, 0.717) is 38.7 Å². The van der Waals surface area contributed by atoms with E-state index < -0.39 is 0 Å². The smallest absolute Gasteiger partial charge is 0.213 e. The fraction of sp³-hybridized carbons (Fsp3) is 0.407. The molecule has 3 heterocycles. The van der Waals surface area contributed by atoms with E-state index in [0.717, 1.165) is 29.8 Å². The lowest BCUT2D eigenvalue weighted by Gasteiger charge is -2.25. The summed E-state index contributed by atoms with van der Waals surface area (Å²) >= 11 is 0. The molecule has 5 rings (SSSR count). The Kier molecular flexibility index (Phi) is 8.75. The van der Waals surface area contributed by atoms with E-state index in [-0.39, 0.29) is 6.61 Å². The minimum absolute atomic E-state index is 0.159. The Labute approximate surface area is 204 Å². The summed E-state index contributed by atoms with van der Waals surface area (Å²) in [6, 6.07) is 12.7. The average molecular weight is 477 g/mol. The monoisotopic (exact) mass is 476 g/mol. The zero-order valence-corrected chi connectivity index (χ0v) is 20.1. The van der Waals surface area contributed by atoms with Crippen molar-refractivity contribution in [2.45, 2.75) is 38.2 Å². The maximum atomic E-state index is 9.55. The lowest BCUT2D eigenvalue weighted by atomic mass is 9.96. The Balaban J connectivity index is 0.000000248. The van der Waals surface area contributed by atoms with Gasteiger partial charge in [0.1, 0.15) is 6.10 Å². The van der Waals surface area contributed by atoms with Crippen molar-refractivity contribution in [2.75, 3.05) is 26.4 Å². The van der Waals surface area contributed by atoms with Gasteiger partial charge < -0.3 is 19.1 Å². The molecule has 8 nitrogen and oxygen atoms in total. The molecule has 0 saturated heterocycles. The van der Waals surface area contributed by atoms with Gasteiger partial charge >= 0.3 is 0 Å². The van der Waals surface area contributed by atoms with Gasteiger partial charge in [-0.3, -0.25) is 4.98 Å². The van der Waals surface area contributed by atoms with Crippen LogP contribution in [0.4, 0.5) is 0 Å². The summed E-state index contributed by atoms with van der Waals surface area (Å²) in [5.41, 5.74) is 4.67. The van der Waals surface area contributed by atoms with Crippen LogP contribution < -0.4 is 4.74 Å². The molecule has 1 N–H and O–H groups in total. The molecule has 0 aliphatic heterocycles. The Hall–Kier alpha value is -3.36. The van der Waals surface area contributed by atoms with Crippen molar-refractivity contribution in [2.24, 2.45) is 12.2 Å². The third-order valence-electron chi connectivity index (χ3n) is 6.20. The van der Waals surface area contributed by atoms with E-state index in [4.69, 9.17) is 14.6 Å². The summed E-state index contributed by atoms with van der Waals surface area (Å²) in [7, 11) is 2.10. The minimum atomic E-state index is 0.159. The van der Waals surface area contributed by atoms with Crippen molar-refractivity contribution in [3.63, 3.8) is 0 Å². The van der Waals surface area contributed by atoms with Crippen LogP contribution in [-0.2, 0) is 11.8 Å². The number of hydrogen-bond donors (Lipinski definition) is 1. The maximum absolute atomic E-state index is 9.55. The highest BCUT2D eigenvalue weighted by Crippen LogP contribution is 2.31. The van der Waals surface area contributed by atoms with E-state index in [1.165, 1.54) is 28.2 Å². The van der Waals surface area contributed by atoms with E-state index >= 15 is 0 Å². The van der Waals surface area contributed by atoms with Crippen molar-refractivity contribution in [1.82, 2.24) is 14.5 Å². The number of ether oxygens (including phenoxy) is 2. The van der Waals surface area contributed by atoms with Crippen LogP contribution in [0.3, 0.4) is 0 Å². The van der Waals surface area contributed by atoms with Crippen molar-refractivity contribution >= 4 is 21.8 Å². The van der Waals surface area contributed by atoms with E-state index in [1.54, 1.807) is 0 Å². The molecule has 0 atom stereocenters. The number of pyridine rings is 2. The van der Waals surface area contributed by atoms with Gasteiger partial charge in [-0.15, -0.1) is 0 Å². The maximum Gasteiger partial charge on any atom is 0.213 e. The normalized spacial score (nSPS) is 13.3. The number of rotatable bonds is 10. The van der Waals surface area contributed by atoms with Crippen molar-refractivity contribution in [3.05, 3.63) is 59.9 Å². The largest absolute Gasteiger partial charge is 0.474 e. The minimum Gasteiger partial charge on any atom is -0.474 e. The second-order valence-corrected chi connectivity index (χ2v) is 8.64. The molecule has 0 spiro atoms. The molecule has 0 radical (unpaired) electrons. The first kappa shape index (κ1) is 24.8. The van der Waals surface area contributed by atoms with Gasteiger partial charge in [0.25, 0.3) is 0 Å². The molecule has 4 aromatic rings. The second-order valence-electron chi connectivity index (χ2n) is 8.64. The number of benzene rings is 1. The number of fused-ring (bicyclic) bond motifs is 3. The van der Waals surface area contributed by atoms with Gasteiger partial charge in [-0.25, -0.2) is 4.98 Å². The molecule has 35 heavy (non-hydrogen) atoms. The number of aryl methyl sites for hydroxylation is 1. The zero-order chi connectivity index (χ0) is 24.5. The van der Waals surface area contributed by atoms with Gasteiger partial charge in [0.2, 0.25) is 5.88 Å². The molecule has 3 aromatic heterocycles. The summed E-state index contributed by atoms with van der Waals surface area (Å²) in [6.45, 7) is 1.60. The Bertz CT molecular complexity index is 1240. The lowest BCUT2D eigenvalue weighted by Crippen LogP contribution is -2.24. The molecule has 1 aromatic carbocycles. The number of aliphatic hydroxyl groups is 1. The van der Waals surface area contributed by atoms with Crippen LogP contribution in [0.1, 0.15) is 32.1 Å². The lowest BCUT2D eigenvalue weighted by molar-refractivity contribution is 0.114. The quantitative estimate of drug-likeness (QED) is 0.248. The topological polar surface area (TPSA) is 98.8 Å². The Morgan fingerprint density at radius 2 is 1.86 bits per heavy atom. The van der Waals surface area contributed by atoms with Crippen LogP contribution in [-0.4, -0.2) is 52.1 Å². The van der Waals surface area contributed by atoms with Gasteiger partial charge in [0.05, 0.1) is 12.1 Å². The summed E-state index contributed by atoms with van der Waals surface area (Å²) < 4.78 is 13.1. The highest BCUT2D eigenvalue weighted by molar-refractivity contribution is 6.08. The van der Waals surface area contributed by atoms with Crippen LogP contribution in [0.5, 0.6) is 5.88 Å². The molecule has 1 aliphatic carbocycles. The molecule has 1 aliphatic rings. The number of nitroso groups, excluding NO2 is 1. The first-order chi connectivity index (χ1) is 17.2. The van der Waals surface area contributed by atoms with Crippen LogP contribution in [0.15, 0.2) is 60.2 Å². The number of aromatic nitrogens is 3. The predicted octanol–water partition coefficient (Wildman–Crippen LogP) is 5.26. The van der Waals surface area contributed by atoms with Crippen LogP contribution >= 0.6 is 0 Å². The highest BCUT2D eigenvalue weighted by Gasteiger charge is 2.19. The SMILES string of the molecule is Cn1c2ccncc2c2ccc(-c3ccc(OC4CCC4)nc3)cc21.O=NCCCOCCCO. The van der Waals surface area contributed by atoms with Crippen molar-refractivity contribution < 1.29 is 14.6 Å². The first-order valence-electron chi connectivity index (χ1n) is 12.1. The third kappa shape index (κ3) is 6.21. The van der Waals surface area contributed by atoms with Gasteiger partial charge in [-0.2, -0.15) is 4.91 Å². The number of hydrogen-bond acceptors (Lipinski definition) is 7. The summed E-state index contributed by atoms with van der Waals surface area (Å²) in [4.78, 5) is 18.3. The molecule has 0 bridgehead atoms. The molecule has 8 heteroatoms.